The standard InChI is InChI=1S/C8H5F7N2O2/c9-5(7(10,11)12)2-3-1-4(6(18)19)17(16-3)8(13,14)15/h1,5H,2H2,(H,18,19). The summed E-state index contributed by atoms with van der Waals surface area (Å²) in [5, 5.41) is 11.1. The van der Waals surface area contributed by atoms with Gasteiger partial charge in [-0.05, 0) is 6.07 Å². The molecule has 0 aliphatic heterocycles. The van der Waals surface area contributed by atoms with Gasteiger partial charge >= 0.3 is 18.4 Å². The van der Waals surface area contributed by atoms with Gasteiger partial charge in [0.1, 0.15) is 0 Å². The lowest BCUT2D eigenvalue weighted by Gasteiger charge is -2.10. The molecule has 0 bridgehead atoms. The molecule has 0 aliphatic rings. The highest BCUT2D eigenvalue weighted by molar-refractivity contribution is 5.85. The zero-order chi connectivity index (χ0) is 15.0. The van der Waals surface area contributed by atoms with Crippen molar-refractivity contribution < 1.29 is 40.6 Å². The quantitative estimate of drug-likeness (QED) is 0.871. The molecule has 0 aliphatic carbocycles. The van der Waals surface area contributed by atoms with E-state index in [4.69, 9.17) is 5.11 Å². The molecular weight excluding hydrogens is 289 g/mol. The van der Waals surface area contributed by atoms with Crippen molar-refractivity contribution in [1.82, 2.24) is 9.78 Å². The van der Waals surface area contributed by atoms with E-state index in [2.05, 4.69) is 5.10 Å². The molecule has 0 amide bonds. The van der Waals surface area contributed by atoms with Crippen LogP contribution in [0.1, 0.15) is 16.2 Å². The molecule has 1 aromatic heterocycles. The molecule has 4 nitrogen and oxygen atoms in total. The summed E-state index contributed by atoms with van der Waals surface area (Å²) in [6.07, 6.45) is -15.4. The first-order valence-corrected chi connectivity index (χ1v) is 4.53. The number of rotatable bonds is 3. The number of aromatic nitrogens is 2. The topological polar surface area (TPSA) is 55.1 Å². The summed E-state index contributed by atoms with van der Waals surface area (Å²) < 4.78 is 84.3. The van der Waals surface area contributed by atoms with Crippen LogP contribution in [0.15, 0.2) is 6.07 Å². The lowest BCUT2D eigenvalue weighted by molar-refractivity contribution is -0.213. The summed E-state index contributed by atoms with van der Waals surface area (Å²) in [7, 11) is 0. The molecule has 11 heteroatoms. The predicted octanol–water partition coefficient (Wildman–Crippen LogP) is 2.50. The normalized spacial score (nSPS) is 14.5. The highest BCUT2D eigenvalue weighted by atomic mass is 19.4. The van der Waals surface area contributed by atoms with Gasteiger partial charge in [0.25, 0.3) is 0 Å². The van der Waals surface area contributed by atoms with Crippen LogP contribution < -0.4 is 0 Å². The number of nitrogens with zero attached hydrogens (tertiary/aromatic N) is 2. The Balaban J connectivity index is 3.10. The van der Waals surface area contributed by atoms with Gasteiger partial charge in [-0.15, -0.1) is 13.2 Å². The Bertz CT molecular complexity index is 476. The number of carbonyl (C=O) groups is 1. The van der Waals surface area contributed by atoms with Crippen molar-refractivity contribution in [1.29, 1.82) is 0 Å². The molecule has 0 radical (unpaired) electrons. The lowest BCUT2D eigenvalue weighted by Crippen LogP contribution is -2.27. The van der Waals surface area contributed by atoms with E-state index in [1.165, 1.54) is 0 Å². The first kappa shape index (κ1) is 15.2. The second-order valence-corrected chi connectivity index (χ2v) is 3.42. The maximum absolute atomic E-state index is 12.6. The smallest absolute Gasteiger partial charge is 0.477 e. The zero-order valence-electron chi connectivity index (χ0n) is 8.76. The van der Waals surface area contributed by atoms with Crippen LogP contribution in [0.2, 0.25) is 0 Å². The summed E-state index contributed by atoms with van der Waals surface area (Å²) in [6.45, 7) is 0. The Morgan fingerprint density at radius 2 is 1.84 bits per heavy atom. The van der Waals surface area contributed by atoms with Crippen LogP contribution >= 0.6 is 0 Å². The summed E-state index contributed by atoms with van der Waals surface area (Å²) in [5.41, 5.74) is -2.35. The Morgan fingerprint density at radius 1 is 1.32 bits per heavy atom. The molecule has 0 saturated carbocycles. The Hall–Kier alpha value is -1.81. The first-order chi connectivity index (χ1) is 8.43. The molecule has 1 atom stereocenters. The molecule has 0 aromatic carbocycles. The number of hydrogen-bond acceptors (Lipinski definition) is 2. The first-order valence-electron chi connectivity index (χ1n) is 4.53. The summed E-state index contributed by atoms with van der Waals surface area (Å²) in [6, 6.07) is 0.244. The second kappa shape index (κ2) is 4.70. The van der Waals surface area contributed by atoms with E-state index in [1.807, 2.05) is 0 Å². The SMILES string of the molecule is O=C(O)c1cc(CC(F)C(F)(F)F)nn1C(F)(F)F. The van der Waals surface area contributed by atoms with Crippen molar-refractivity contribution in [3.8, 4) is 0 Å². The van der Waals surface area contributed by atoms with Crippen LogP contribution in [0.4, 0.5) is 30.7 Å². The van der Waals surface area contributed by atoms with E-state index in [0.717, 1.165) is 0 Å². The van der Waals surface area contributed by atoms with Crippen LogP contribution in [0.25, 0.3) is 0 Å². The van der Waals surface area contributed by atoms with Gasteiger partial charge < -0.3 is 5.11 Å². The molecular formula is C8H5F7N2O2. The van der Waals surface area contributed by atoms with E-state index in [0.29, 0.717) is 0 Å². The van der Waals surface area contributed by atoms with Gasteiger partial charge in [-0.1, -0.05) is 0 Å². The number of aromatic carboxylic acids is 1. The molecule has 1 N–H and O–H groups in total. The van der Waals surface area contributed by atoms with Crippen LogP contribution in [0.5, 0.6) is 0 Å². The maximum Gasteiger partial charge on any atom is 0.505 e. The van der Waals surface area contributed by atoms with Gasteiger partial charge in [-0.25, -0.2) is 9.18 Å². The number of hydrogen-bond donors (Lipinski definition) is 1. The average Bonchev–Trinajstić information content (AvgIpc) is 2.59. The predicted molar refractivity (Wildman–Crippen MR) is 45.1 cm³/mol. The Morgan fingerprint density at radius 3 is 2.16 bits per heavy atom. The number of carboxylic acid groups (broad SMARTS) is 1. The number of carboxylic acids is 1. The number of alkyl halides is 7. The van der Waals surface area contributed by atoms with Crippen LogP contribution in [0, 0.1) is 0 Å². The average molecular weight is 294 g/mol. The van der Waals surface area contributed by atoms with Crippen molar-refractivity contribution in [3.05, 3.63) is 17.5 Å². The maximum atomic E-state index is 12.6. The van der Waals surface area contributed by atoms with Crippen molar-refractivity contribution in [3.63, 3.8) is 0 Å². The largest absolute Gasteiger partial charge is 0.505 e. The van der Waals surface area contributed by atoms with E-state index in [-0.39, 0.29) is 6.07 Å². The third kappa shape index (κ3) is 3.58. The lowest BCUT2D eigenvalue weighted by atomic mass is 10.2. The summed E-state index contributed by atoms with van der Waals surface area (Å²) in [4.78, 5) is 10.5. The zero-order valence-corrected chi connectivity index (χ0v) is 8.76. The molecule has 1 aromatic rings. The molecule has 0 saturated heterocycles. The third-order valence-electron chi connectivity index (χ3n) is 1.96. The summed E-state index contributed by atoms with van der Waals surface area (Å²) >= 11 is 0. The number of halogens is 7. The fourth-order valence-electron chi connectivity index (χ4n) is 1.17. The van der Waals surface area contributed by atoms with Crippen LogP contribution in [-0.2, 0) is 12.7 Å². The van der Waals surface area contributed by atoms with Gasteiger partial charge in [0.2, 0.25) is 6.17 Å². The molecule has 0 spiro atoms. The van der Waals surface area contributed by atoms with Gasteiger partial charge in [0.05, 0.1) is 5.69 Å². The molecule has 19 heavy (non-hydrogen) atoms. The van der Waals surface area contributed by atoms with E-state index in [9.17, 15) is 35.5 Å². The van der Waals surface area contributed by atoms with Crippen molar-refractivity contribution in [2.24, 2.45) is 0 Å². The van der Waals surface area contributed by atoms with Gasteiger partial charge in [0, 0.05) is 6.42 Å². The Kier molecular flexibility index (Phi) is 3.77. The van der Waals surface area contributed by atoms with Gasteiger partial charge in [-0.3, -0.25) is 0 Å². The van der Waals surface area contributed by atoms with Gasteiger partial charge in [-0.2, -0.15) is 23.0 Å². The second-order valence-electron chi connectivity index (χ2n) is 3.42. The minimum Gasteiger partial charge on any atom is -0.477 e. The minimum atomic E-state index is -5.26. The van der Waals surface area contributed by atoms with Crippen molar-refractivity contribution in [2.75, 3.05) is 0 Å². The van der Waals surface area contributed by atoms with Crippen molar-refractivity contribution >= 4 is 5.97 Å². The molecule has 0 fully saturated rings. The fraction of sp³-hybridized carbons (Fsp3) is 0.500. The minimum absolute atomic E-state index is 0.244. The van der Waals surface area contributed by atoms with Crippen LogP contribution in [-0.4, -0.2) is 33.2 Å². The van der Waals surface area contributed by atoms with E-state index < -0.39 is 47.1 Å². The molecule has 1 unspecified atom stereocenters. The third-order valence-corrected chi connectivity index (χ3v) is 1.96. The monoisotopic (exact) mass is 294 g/mol. The molecule has 1 heterocycles. The molecule has 1 rings (SSSR count). The van der Waals surface area contributed by atoms with E-state index >= 15 is 0 Å². The van der Waals surface area contributed by atoms with Crippen molar-refractivity contribution in [2.45, 2.75) is 25.1 Å². The fourth-order valence-corrected chi connectivity index (χ4v) is 1.17. The van der Waals surface area contributed by atoms with Crippen LogP contribution in [0.3, 0.4) is 0 Å². The molecule has 108 valence electrons. The highest BCUT2D eigenvalue weighted by Gasteiger charge is 2.42. The highest BCUT2D eigenvalue weighted by Crippen LogP contribution is 2.28. The Labute approximate surface area is 100.0 Å². The van der Waals surface area contributed by atoms with E-state index in [1.54, 1.807) is 0 Å². The van der Waals surface area contributed by atoms with Gasteiger partial charge in [0.15, 0.2) is 5.69 Å². The summed E-state index contributed by atoms with van der Waals surface area (Å²) in [5.74, 6) is -2.04.